The van der Waals surface area contributed by atoms with Gasteiger partial charge in [-0.05, 0) is 5.92 Å². The molecule has 1 fully saturated rings. The molecular weight excluding hydrogens is 120 g/mol. The molecule has 0 spiro atoms. The number of hydrogen-bond acceptors (Lipinski definition) is 3. The van der Waals surface area contributed by atoms with Crippen molar-refractivity contribution in [2.45, 2.75) is 6.92 Å². The highest BCUT2D eigenvalue weighted by atomic mass is 32.2. The molecule has 2 nitrogen and oxygen atoms in total. The third kappa shape index (κ3) is 1.65. The fourth-order valence-electron chi connectivity index (χ4n) is 0.847. The molecule has 0 saturated carbocycles. The third-order valence-electron chi connectivity index (χ3n) is 1.17. The van der Waals surface area contributed by atoms with Gasteiger partial charge in [0.25, 0.3) is 0 Å². The second kappa shape index (κ2) is 2.71. The minimum Gasteiger partial charge on any atom is -0.237 e. The summed E-state index contributed by atoms with van der Waals surface area (Å²) < 4.78 is 0. The van der Waals surface area contributed by atoms with E-state index in [2.05, 4.69) is 23.8 Å². The van der Waals surface area contributed by atoms with Crippen molar-refractivity contribution in [2.24, 2.45) is 5.92 Å². The van der Waals surface area contributed by atoms with E-state index in [-0.39, 0.29) is 0 Å². The van der Waals surface area contributed by atoms with E-state index in [1.54, 1.807) is 11.9 Å². The van der Waals surface area contributed by atoms with Crippen molar-refractivity contribution in [1.29, 1.82) is 0 Å². The summed E-state index contributed by atoms with van der Waals surface area (Å²) in [5, 5.41) is 2.12. The topological polar surface area (TPSA) is 15.3 Å². The van der Waals surface area contributed by atoms with Crippen LogP contribution in [-0.2, 0) is 0 Å². The number of rotatable bonds is 0. The first-order valence-corrected chi connectivity index (χ1v) is 3.86. The Balaban J connectivity index is 2.23. The molecule has 1 atom stereocenters. The Morgan fingerprint density at radius 2 is 2.50 bits per heavy atom. The van der Waals surface area contributed by atoms with Crippen LogP contribution >= 0.6 is 11.9 Å². The average molecular weight is 132 g/mol. The third-order valence-corrected chi connectivity index (χ3v) is 2.35. The zero-order valence-electron chi connectivity index (χ0n) is 5.35. The molecule has 1 N–H and O–H groups in total. The van der Waals surface area contributed by atoms with Gasteiger partial charge in [-0.2, -0.15) is 4.83 Å². The lowest BCUT2D eigenvalue weighted by molar-refractivity contribution is 0.262. The lowest BCUT2D eigenvalue weighted by Gasteiger charge is -2.26. The van der Waals surface area contributed by atoms with Crippen molar-refractivity contribution in [3.63, 3.8) is 0 Å². The van der Waals surface area contributed by atoms with E-state index in [0.29, 0.717) is 0 Å². The molecule has 1 heterocycles. The molecule has 0 aliphatic carbocycles. The van der Waals surface area contributed by atoms with Crippen molar-refractivity contribution >= 4 is 11.9 Å². The van der Waals surface area contributed by atoms with E-state index in [1.165, 1.54) is 12.3 Å². The Labute approximate surface area is 54.7 Å². The fourth-order valence-corrected chi connectivity index (χ4v) is 1.61. The summed E-state index contributed by atoms with van der Waals surface area (Å²) in [6.07, 6.45) is 0. The molecule has 1 rings (SSSR count). The molecule has 1 saturated heterocycles. The van der Waals surface area contributed by atoms with Crippen LogP contribution in [0.2, 0.25) is 0 Å². The molecular formula is C5H12N2S. The normalized spacial score (nSPS) is 33.0. The molecule has 0 aromatic rings. The van der Waals surface area contributed by atoms with Crippen LogP contribution in [0.5, 0.6) is 0 Å². The monoisotopic (exact) mass is 132 g/mol. The maximum atomic E-state index is 3.16. The SMILES string of the molecule is CC1CSNN(C)C1. The van der Waals surface area contributed by atoms with E-state index in [0.717, 1.165) is 5.92 Å². The molecule has 0 aromatic heterocycles. The largest absolute Gasteiger partial charge is 0.237 e. The van der Waals surface area contributed by atoms with Crippen LogP contribution in [0.4, 0.5) is 0 Å². The predicted molar refractivity (Wildman–Crippen MR) is 37.4 cm³/mol. The summed E-state index contributed by atoms with van der Waals surface area (Å²) in [6.45, 7) is 3.44. The number of nitrogens with zero attached hydrogens (tertiary/aromatic N) is 1. The fraction of sp³-hybridized carbons (Fsp3) is 1.00. The van der Waals surface area contributed by atoms with Gasteiger partial charge in [-0.1, -0.05) is 18.9 Å². The van der Waals surface area contributed by atoms with Gasteiger partial charge in [0.15, 0.2) is 0 Å². The van der Waals surface area contributed by atoms with E-state index in [1.807, 2.05) is 0 Å². The predicted octanol–water partition coefficient (Wildman–Crippen LogP) is 0.721. The van der Waals surface area contributed by atoms with Crippen LogP contribution in [0.3, 0.4) is 0 Å². The number of hydrogen-bond donors (Lipinski definition) is 1. The summed E-state index contributed by atoms with van der Waals surface area (Å²) in [4.78, 5) is 3.16. The lowest BCUT2D eigenvalue weighted by atomic mass is 10.2. The molecule has 1 aliphatic rings. The Hall–Kier alpha value is 0.270. The molecule has 8 heavy (non-hydrogen) atoms. The molecule has 0 radical (unpaired) electrons. The maximum absolute atomic E-state index is 3.16. The highest BCUT2D eigenvalue weighted by Gasteiger charge is 2.11. The first-order chi connectivity index (χ1) is 3.79. The smallest absolute Gasteiger partial charge is 0.0170 e. The Kier molecular flexibility index (Phi) is 2.16. The summed E-state index contributed by atoms with van der Waals surface area (Å²) in [7, 11) is 2.07. The summed E-state index contributed by atoms with van der Waals surface area (Å²) in [5.41, 5.74) is 0. The van der Waals surface area contributed by atoms with E-state index in [4.69, 9.17) is 0 Å². The Bertz CT molecular complexity index is 68.8. The van der Waals surface area contributed by atoms with Crippen molar-refractivity contribution in [3.05, 3.63) is 0 Å². The Morgan fingerprint density at radius 1 is 1.75 bits per heavy atom. The average Bonchev–Trinajstić information content (AvgIpc) is 1.64. The second-order valence-corrected chi connectivity index (χ2v) is 3.19. The standard InChI is InChI=1S/C5H12N2S/c1-5-3-7(2)6-8-4-5/h5-6H,3-4H2,1-2H3. The highest BCUT2D eigenvalue weighted by molar-refractivity contribution is 7.97. The van der Waals surface area contributed by atoms with Gasteiger partial charge in [-0.25, -0.2) is 5.01 Å². The Morgan fingerprint density at radius 3 is 2.88 bits per heavy atom. The van der Waals surface area contributed by atoms with Gasteiger partial charge in [0.1, 0.15) is 0 Å². The second-order valence-electron chi connectivity index (χ2n) is 2.39. The van der Waals surface area contributed by atoms with E-state index in [9.17, 15) is 0 Å². The van der Waals surface area contributed by atoms with Gasteiger partial charge in [-0.15, -0.1) is 0 Å². The lowest BCUT2D eigenvalue weighted by Crippen LogP contribution is -2.38. The zero-order chi connectivity index (χ0) is 5.98. The molecule has 1 unspecified atom stereocenters. The maximum Gasteiger partial charge on any atom is 0.0170 e. The minimum absolute atomic E-state index is 0.839. The van der Waals surface area contributed by atoms with Crippen LogP contribution < -0.4 is 4.83 Å². The van der Waals surface area contributed by atoms with E-state index < -0.39 is 0 Å². The molecule has 3 heteroatoms. The summed E-state index contributed by atoms with van der Waals surface area (Å²) in [6, 6.07) is 0. The zero-order valence-corrected chi connectivity index (χ0v) is 6.16. The van der Waals surface area contributed by atoms with Crippen LogP contribution in [-0.4, -0.2) is 24.4 Å². The van der Waals surface area contributed by atoms with Crippen LogP contribution in [0, 0.1) is 5.92 Å². The summed E-state index contributed by atoms with van der Waals surface area (Å²) in [5.74, 6) is 2.08. The van der Waals surface area contributed by atoms with Gasteiger partial charge in [-0.3, -0.25) is 0 Å². The first-order valence-electron chi connectivity index (χ1n) is 2.87. The molecule has 0 aromatic carbocycles. The van der Waals surface area contributed by atoms with Crippen molar-refractivity contribution in [1.82, 2.24) is 9.84 Å². The molecule has 0 bridgehead atoms. The van der Waals surface area contributed by atoms with Crippen LogP contribution in [0.25, 0.3) is 0 Å². The molecule has 0 amide bonds. The van der Waals surface area contributed by atoms with Gasteiger partial charge in [0.2, 0.25) is 0 Å². The van der Waals surface area contributed by atoms with Gasteiger partial charge < -0.3 is 0 Å². The van der Waals surface area contributed by atoms with Crippen LogP contribution in [0.15, 0.2) is 0 Å². The molecule has 1 aliphatic heterocycles. The van der Waals surface area contributed by atoms with Gasteiger partial charge >= 0.3 is 0 Å². The quantitative estimate of drug-likeness (QED) is 0.489. The van der Waals surface area contributed by atoms with Crippen LogP contribution in [0.1, 0.15) is 6.92 Å². The van der Waals surface area contributed by atoms with Gasteiger partial charge in [0, 0.05) is 19.3 Å². The highest BCUT2D eigenvalue weighted by Crippen LogP contribution is 2.11. The van der Waals surface area contributed by atoms with Crippen molar-refractivity contribution in [2.75, 3.05) is 19.3 Å². The number of hydrazine groups is 1. The summed E-state index contributed by atoms with van der Waals surface area (Å²) >= 11 is 1.79. The van der Waals surface area contributed by atoms with Crippen molar-refractivity contribution in [3.8, 4) is 0 Å². The first kappa shape index (κ1) is 6.39. The van der Waals surface area contributed by atoms with Gasteiger partial charge in [0.05, 0.1) is 0 Å². The molecule has 48 valence electrons. The van der Waals surface area contributed by atoms with E-state index >= 15 is 0 Å². The van der Waals surface area contributed by atoms with Crippen molar-refractivity contribution < 1.29 is 0 Å². The number of nitrogens with one attached hydrogen (secondary N) is 1. The minimum atomic E-state index is 0.839.